The summed E-state index contributed by atoms with van der Waals surface area (Å²) in [6.07, 6.45) is 1.26. The zero-order chi connectivity index (χ0) is 15.6. The fourth-order valence-corrected chi connectivity index (χ4v) is 2.83. The highest BCUT2D eigenvalue weighted by Crippen LogP contribution is 2.31. The summed E-state index contributed by atoms with van der Waals surface area (Å²) in [5, 5.41) is 12.6. The lowest BCUT2D eigenvalue weighted by atomic mass is 9.82. The molecule has 1 unspecified atom stereocenters. The second kappa shape index (κ2) is 5.93. The van der Waals surface area contributed by atoms with Crippen LogP contribution in [0.25, 0.3) is 0 Å². The van der Waals surface area contributed by atoms with Crippen LogP contribution >= 0.6 is 11.6 Å². The fourth-order valence-electron chi connectivity index (χ4n) is 2.56. The van der Waals surface area contributed by atoms with Crippen molar-refractivity contribution >= 4 is 29.3 Å². The molecule has 5 nitrogen and oxygen atoms in total. The number of aliphatic carboxylic acids is 1. The first-order valence-electron chi connectivity index (χ1n) is 6.88. The van der Waals surface area contributed by atoms with Crippen LogP contribution in [0.1, 0.15) is 25.3 Å². The summed E-state index contributed by atoms with van der Waals surface area (Å²) in [7, 11) is 0. The van der Waals surface area contributed by atoms with Crippen molar-refractivity contribution in [2.75, 3.05) is 18.4 Å². The number of hydrogen-bond acceptors (Lipinski definition) is 2. The molecule has 1 aromatic carbocycles. The molecule has 0 bridgehead atoms. The van der Waals surface area contributed by atoms with Gasteiger partial charge < -0.3 is 15.3 Å². The Kier molecular flexibility index (Phi) is 4.42. The van der Waals surface area contributed by atoms with Gasteiger partial charge in [-0.1, -0.05) is 23.7 Å². The number of para-hydroxylation sites is 1. The highest BCUT2D eigenvalue weighted by molar-refractivity contribution is 6.33. The summed E-state index contributed by atoms with van der Waals surface area (Å²) >= 11 is 6.09. The normalized spacial score (nSPS) is 22.0. The van der Waals surface area contributed by atoms with E-state index in [4.69, 9.17) is 11.6 Å². The molecule has 1 aliphatic heterocycles. The summed E-state index contributed by atoms with van der Waals surface area (Å²) < 4.78 is 0. The maximum atomic E-state index is 12.3. The molecule has 0 spiro atoms. The van der Waals surface area contributed by atoms with Gasteiger partial charge in [-0.2, -0.15) is 0 Å². The van der Waals surface area contributed by atoms with Crippen molar-refractivity contribution in [2.45, 2.75) is 26.7 Å². The van der Waals surface area contributed by atoms with Crippen molar-refractivity contribution in [3.8, 4) is 0 Å². The highest BCUT2D eigenvalue weighted by atomic mass is 35.5. The largest absolute Gasteiger partial charge is 0.481 e. The number of carboxylic acid groups (broad SMARTS) is 1. The molecule has 0 radical (unpaired) electrons. The van der Waals surface area contributed by atoms with Crippen molar-refractivity contribution in [1.29, 1.82) is 0 Å². The first-order valence-corrected chi connectivity index (χ1v) is 7.26. The van der Waals surface area contributed by atoms with Gasteiger partial charge in [-0.05, 0) is 38.3 Å². The smallest absolute Gasteiger partial charge is 0.321 e. The second-order valence-corrected chi connectivity index (χ2v) is 6.16. The van der Waals surface area contributed by atoms with E-state index < -0.39 is 11.4 Å². The van der Waals surface area contributed by atoms with Gasteiger partial charge in [0.15, 0.2) is 0 Å². The van der Waals surface area contributed by atoms with E-state index in [1.165, 1.54) is 0 Å². The van der Waals surface area contributed by atoms with Crippen LogP contribution in [-0.2, 0) is 4.79 Å². The van der Waals surface area contributed by atoms with Crippen LogP contribution in [-0.4, -0.2) is 35.1 Å². The predicted molar refractivity (Wildman–Crippen MR) is 81.8 cm³/mol. The van der Waals surface area contributed by atoms with Crippen LogP contribution in [0.5, 0.6) is 0 Å². The van der Waals surface area contributed by atoms with E-state index >= 15 is 0 Å². The third-order valence-electron chi connectivity index (χ3n) is 3.95. The Labute approximate surface area is 128 Å². The standard InChI is InChI=1S/C15H19ClN2O3/c1-10-5-3-6-11(16)12(10)17-14(21)18-8-4-7-15(2,9-18)13(19)20/h3,5-6H,4,7-9H2,1-2H3,(H,17,21)(H,19,20). The highest BCUT2D eigenvalue weighted by Gasteiger charge is 2.39. The number of rotatable bonds is 2. The minimum absolute atomic E-state index is 0.206. The Hall–Kier alpha value is -1.75. The summed E-state index contributed by atoms with van der Waals surface area (Å²) in [6, 6.07) is 5.08. The van der Waals surface area contributed by atoms with Crippen LogP contribution in [0.15, 0.2) is 18.2 Å². The molecular formula is C15H19ClN2O3. The fraction of sp³-hybridized carbons (Fsp3) is 0.467. The molecule has 0 aliphatic carbocycles. The maximum Gasteiger partial charge on any atom is 0.321 e. The lowest BCUT2D eigenvalue weighted by Gasteiger charge is -2.37. The number of amides is 2. The molecule has 21 heavy (non-hydrogen) atoms. The molecule has 1 heterocycles. The molecule has 2 rings (SSSR count). The number of halogens is 1. The van der Waals surface area contributed by atoms with E-state index in [1.54, 1.807) is 17.9 Å². The van der Waals surface area contributed by atoms with Crippen LogP contribution in [0.2, 0.25) is 5.02 Å². The first kappa shape index (κ1) is 15.6. The Balaban J connectivity index is 2.12. The second-order valence-electron chi connectivity index (χ2n) is 5.75. The number of anilines is 1. The number of nitrogens with one attached hydrogen (secondary N) is 1. The molecule has 1 atom stereocenters. The summed E-state index contributed by atoms with van der Waals surface area (Å²) in [6.45, 7) is 4.30. The van der Waals surface area contributed by atoms with Crippen molar-refractivity contribution in [3.05, 3.63) is 28.8 Å². The number of carboxylic acids is 1. The summed E-state index contributed by atoms with van der Waals surface area (Å²) in [5.41, 5.74) is 0.561. The van der Waals surface area contributed by atoms with Gasteiger partial charge >= 0.3 is 12.0 Å². The zero-order valence-corrected chi connectivity index (χ0v) is 12.9. The quantitative estimate of drug-likeness (QED) is 0.880. The molecule has 2 amide bonds. The lowest BCUT2D eigenvalue weighted by Crippen LogP contribution is -2.49. The van der Waals surface area contributed by atoms with Crippen molar-refractivity contribution < 1.29 is 14.7 Å². The summed E-state index contributed by atoms with van der Waals surface area (Å²) in [5.74, 6) is -0.867. The number of carbonyl (C=O) groups excluding carboxylic acids is 1. The Bertz CT molecular complexity index is 556. The van der Waals surface area contributed by atoms with Crippen molar-refractivity contribution in [3.63, 3.8) is 0 Å². The van der Waals surface area contributed by atoms with Gasteiger partial charge in [0.2, 0.25) is 0 Å². The number of nitrogens with zero attached hydrogens (tertiary/aromatic N) is 1. The van der Waals surface area contributed by atoms with Crippen LogP contribution in [0.4, 0.5) is 10.5 Å². The molecule has 114 valence electrons. The molecule has 6 heteroatoms. The van der Waals surface area contributed by atoms with E-state index in [9.17, 15) is 14.7 Å². The number of piperidine rings is 1. The van der Waals surface area contributed by atoms with Gasteiger partial charge in [-0.15, -0.1) is 0 Å². The molecule has 1 fully saturated rings. The van der Waals surface area contributed by atoms with Gasteiger partial charge in [-0.3, -0.25) is 4.79 Å². The predicted octanol–water partition coefficient (Wildman–Crippen LogP) is 3.37. The van der Waals surface area contributed by atoms with Crippen LogP contribution in [0, 0.1) is 12.3 Å². The molecule has 1 saturated heterocycles. The van der Waals surface area contributed by atoms with E-state index in [1.807, 2.05) is 19.1 Å². The van der Waals surface area contributed by atoms with Crippen molar-refractivity contribution in [1.82, 2.24) is 4.90 Å². The summed E-state index contributed by atoms with van der Waals surface area (Å²) in [4.78, 5) is 25.2. The third kappa shape index (κ3) is 3.29. The number of benzene rings is 1. The number of carbonyl (C=O) groups is 2. The SMILES string of the molecule is Cc1cccc(Cl)c1NC(=O)N1CCCC(C)(C(=O)O)C1. The monoisotopic (exact) mass is 310 g/mol. The lowest BCUT2D eigenvalue weighted by molar-refractivity contribution is -0.150. The van der Waals surface area contributed by atoms with Crippen molar-refractivity contribution in [2.24, 2.45) is 5.41 Å². The van der Waals surface area contributed by atoms with E-state index in [-0.39, 0.29) is 12.6 Å². The van der Waals surface area contributed by atoms with E-state index in [0.29, 0.717) is 30.1 Å². The van der Waals surface area contributed by atoms with Gasteiger partial charge in [-0.25, -0.2) is 4.79 Å². The van der Waals surface area contributed by atoms with Gasteiger partial charge in [0.1, 0.15) is 0 Å². The Morgan fingerprint density at radius 2 is 2.14 bits per heavy atom. The zero-order valence-electron chi connectivity index (χ0n) is 12.1. The molecule has 1 aromatic rings. The molecule has 1 aliphatic rings. The first-order chi connectivity index (χ1) is 9.83. The van der Waals surface area contributed by atoms with Gasteiger partial charge in [0, 0.05) is 13.1 Å². The van der Waals surface area contributed by atoms with E-state index in [0.717, 1.165) is 5.56 Å². The number of likely N-dealkylation sites (tertiary alicyclic amines) is 1. The average Bonchev–Trinajstić information content (AvgIpc) is 2.43. The minimum atomic E-state index is -0.884. The van der Waals surface area contributed by atoms with Gasteiger partial charge in [0.25, 0.3) is 0 Å². The minimum Gasteiger partial charge on any atom is -0.481 e. The molecule has 0 aromatic heterocycles. The topological polar surface area (TPSA) is 69.6 Å². The molecule has 2 N–H and O–H groups in total. The Morgan fingerprint density at radius 1 is 1.43 bits per heavy atom. The van der Waals surface area contributed by atoms with E-state index in [2.05, 4.69) is 5.32 Å². The third-order valence-corrected chi connectivity index (χ3v) is 4.27. The Morgan fingerprint density at radius 3 is 2.76 bits per heavy atom. The molecular weight excluding hydrogens is 292 g/mol. The van der Waals surface area contributed by atoms with Crippen LogP contribution in [0.3, 0.4) is 0 Å². The number of urea groups is 1. The van der Waals surface area contributed by atoms with Gasteiger partial charge in [0.05, 0.1) is 16.1 Å². The van der Waals surface area contributed by atoms with Crippen LogP contribution < -0.4 is 5.32 Å². The number of aryl methyl sites for hydroxylation is 1. The molecule has 0 saturated carbocycles. The number of hydrogen-bond donors (Lipinski definition) is 2. The average molecular weight is 311 g/mol. The maximum absolute atomic E-state index is 12.3.